The second-order valence-corrected chi connectivity index (χ2v) is 3.93. The van der Waals surface area contributed by atoms with E-state index in [-0.39, 0.29) is 17.1 Å². The zero-order valence-corrected chi connectivity index (χ0v) is 10.6. The average Bonchev–Trinajstić information content (AvgIpc) is 2.48. The Balaban J connectivity index is 2.04. The first-order valence-corrected chi connectivity index (χ1v) is 5.85. The normalized spacial score (nSPS) is 10.0. The Labute approximate surface area is 119 Å². The summed E-state index contributed by atoms with van der Waals surface area (Å²) >= 11 is 0. The molecule has 0 atom stereocenters. The van der Waals surface area contributed by atoms with E-state index < -0.39 is 12.6 Å². The van der Waals surface area contributed by atoms with Crippen LogP contribution in [-0.4, -0.2) is 12.6 Å². The molecule has 0 radical (unpaired) electrons. The number of hydrogen-bond acceptors (Lipinski definition) is 4. The summed E-state index contributed by atoms with van der Waals surface area (Å²) in [6.07, 6.45) is 0. The SMILES string of the molecule is N#Cc1ccc(OC(=O)c2ccc(OC(F)F)cc2)cc1. The molecule has 2 rings (SSSR count). The molecule has 21 heavy (non-hydrogen) atoms. The molecule has 0 aliphatic carbocycles. The third-order valence-corrected chi connectivity index (χ3v) is 2.51. The Bertz CT molecular complexity index is 661. The summed E-state index contributed by atoms with van der Waals surface area (Å²) in [5, 5.41) is 8.65. The van der Waals surface area contributed by atoms with Gasteiger partial charge in [-0.2, -0.15) is 14.0 Å². The Hall–Kier alpha value is -2.94. The van der Waals surface area contributed by atoms with Crippen molar-refractivity contribution in [2.75, 3.05) is 0 Å². The first-order chi connectivity index (χ1) is 10.1. The molecule has 0 bridgehead atoms. The van der Waals surface area contributed by atoms with Gasteiger partial charge in [-0.1, -0.05) is 0 Å². The van der Waals surface area contributed by atoms with Gasteiger partial charge < -0.3 is 9.47 Å². The molecular weight excluding hydrogens is 280 g/mol. The number of carbonyl (C=O) groups is 1. The lowest BCUT2D eigenvalue weighted by atomic mass is 10.2. The van der Waals surface area contributed by atoms with Gasteiger partial charge in [0.25, 0.3) is 0 Å². The van der Waals surface area contributed by atoms with Crippen LogP contribution in [0.4, 0.5) is 8.78 Å². The zero-order valence-electron chi connectivity index (χ0n) is 10.6. The highest BCUT2D eigenvalue weighted by Gasteiger charge is 2.10. The number of alkyl halides is 2. The molecule has 0 fully saturated rings. The van der Waals surface area contributed by atoms with Crippen molar-refractivity contribution in [3.63, 3.8) is 0 Å². The summed E-state index contributed by atoms with van der Waals surface area (Å²) in [7, 11) is 0. The van der Waals surface area contributed by atoms with E-state index in [1.54, 1.807) is 0 Å². The summed E-state index contributed by atoms with van der Waals surface area (Å²) in [6, 6.07) is 13.1. The highest BCUT2D eigenvalue weighted by atomic mass is 19.3. The molecule has 106 valence electrons. The highest BCUT2D eigenvalue weighted by molar-refractivity contribution is 5.91. The van der Waals surface area contributed by atoms with Gasteiger partial charge in [-0.15, -0.1) is 0 Å². The number of carbonyl (C=O) groups excluding carboxylic acids is 1. The maximum atomic E-state index is 12.0. The van der Waals surface area contributed by atoms with E-state index in [9.17, 15) is 13.6 Å². The highest BCUT2D eigenvalue weighted by Crippen LogP contribution is 2.17. The lowest BCUT2D eigenvalue weighted by Crippen LogP contribution is -2.08. The maximum absolute atomic E-state index is 12.0. The zero-order chi connectivity index (χ0) is 15.2. The molecule has 0 saturated carbocycles. The number of rotatable bonds is 4. The van der Waals surface area contributed by atoms with Crippen LogP contribution in [0.3, 0.4) is 0 Å². The Kier molecular flexibility index (Phi) is 4.46. The van der Waals surface area contributed by atoms with Crippen LogP contribution in [0.5, 0.6) is 11.5 Å². The van der Waals surface area contributed by atoms with Crippen LogP contribution in [0, 0.1) is 11.3 Å². The first-order valence-electron chi connectivity index (χ1n) is 5.85. The number of nitriles is 1. The summed E-state index contributed by atoms with van der Waals surface area (Å²) in [4.78, 5) is 11.8. The minimum absolute atomic E-state index is 0.0417. The Morgan fingerprint density at radius 1 is 1.00 bits per heavy atom. The van der Waals surface area contributed by atoms with Crippen LogP contribution in [0.15, 0.2) is 48.5 Å². The summed E-state index contributed by atoms with van der Waals surface area (Å²) in [5.74, 6) is -0.393. The van der Waals surface area contributed by atoms with E-state index >= 15 is 0 Å². The fraction of sp³-hybridized carbons (Fsp3) is 0.0667. The van der Waals surface area contributed by atoms with Crippen molar-refractivity contribution in [1.82, 2.24) is 0 Å². The van der Waals surface area contributed by atoms with Gasteiger partial charge in [-0.25, -0.2) is 4.79 Å². The fourth-order valence-electron chi connectivity index (χ4n) is 1.54. The second-order valence-electron chi connectivity index (χ2n) is 3.93. The number of halogens is 2. The molecule has 2 aromatic rings. The summed E-state index contributed by atoms with van der Waals surface area (Å²) in [5.41, 5.74) is 0.643. The first kappa shape index (κ1) is 14.5. The van der Waals surface area contributed by atoms with Crippen LogP contribution in [0.25, 0.3) is 0 Å². The van der Waals surface area contributed by atoms with Crippen LogP contribution in [-0.2, 0) is 0 Å². The molecule has 0 aromatic heterocycles. The van der Waals surface area contributed by atoms with Gasteiger partial charge in [0.05, 0.1) is 17.2 Å². The van der Waals surface area contributed by atoms with Crippen LogP contribution < -0.4 is 9.47 Å². The molecular formula is C15H9F2NO3. The molecule has 0 saturated heterocycles. The molecule has 6 heteroatoms. The van der Waals surface area contributed by atoms with Gasteiger partial charge in [0.1, 0.15) is 11.5 Å². The fourth-order valence-corrected chi connectivity index (χ4v) is 1.54. The van der Waals surface area contributed by atoms with Crippen molar-refractivity contribution in [2.45, 2.75) is 6.61 Å². The van der Waals surface area contributed by atoms with Crippen molar-refractivity contribution in [2.24, 2.45) is 0 Å². The van der Waals surface area contributed by atoms with E-state index in [0.717, 1.165) is 0 Å². The van der Waals surface area contributed by atoms with Crippen LogP contribution in [0.2, 0.25) is 0 Å². The lowest BCUT2D eigenvalue weighted by Gasteiger charge is -2.06. The minimum Gasteiger partial charge on any atom is -0.435 e. The molecule has 0 N–H and O–H groups in total. The summed E-state index contributed by atoms with van der Waals surface area (Å²) < 4.78 is 33.2. The van der Waals surface area contributed by atoms with E-state index in [4.69, 9.17) is 10.00 Å². The number of benzene rings is 2. The number of ether oxygens (including phenoxy) is 2. The van der Waals surface area contributed by atoms with Gasteiger partial charge in [-0.3, -0.25) is 0 Å². The van der Waals surface area contributed by atoms with Gasteiger partial charge >= 0.3 is 12.6 Å². The van der Waals surface area contributed by atoms with Gasteiger partial charge in [0.15, 0.2) is 0 Å². The summed E-state index contributed by atoms with van der Waals surface area (Å²) in [6.45, 7) is -2.92. The predicted molar refractivity (Wildman–Crippen MR) is 69.2 cm³/mol. The number of esters is 1. The standard InChI is InChI=1S/C15H9F2NO3/c16-15(17)21-13-7-3-11(4-8-13)14(19)20-12-5-1-10(9-18)2-6-12/h1-8,15H. The van der Waals surface area contributed by atoms with Crippen molar-refractivity contribution >= 4 is 5.97 Å². The monoisotopic (exact) mass is 289 g/mol. The molecule has 0 amide bonds. The minimum atomic E-state index is -2.92. The van der Waals surface area contributed by atoms with Crippen molar-refractivity contribution < 1.29 is 23.0 Å². The molecule has 0 spiro atoms. The van der Waals surface area contributed by atoms with Gasteiger partial charge in [-0.05, 0) is 48.5 Å². The lowest BCUT2D eigenvalue weighted by molar-refractivity contribution is -0.0498. The topological polar surface area (TPSA) is 59.3 Å². The molecule has 4 nitrogen and oxygen atoms in total. The van der Waals surface area contributed by atoms with Gasteiger partial charge in [0.2, 0.25) is 0 Å². The Morgan fingerprint density at radius 3 is 2.10 bits per heavy atom. The largest absolute Gasteiger partial charge is 0.435 e. The quantitative estimate of drug-likeness (QED) is 0.639. The van der Waals surface area contributed by atoms with Crippen LogP contribution in [0.1, 0.15) is 15.9 Å². The second kappa shape index (κ2) is 6.48. The molecule has 0 aliphatic heterocycles. The van der Waals surface area contributed by atoms with E-state index in [1.807, 2.05) is 6.07 Å². The average molecular weight is 289 g/mol. The van der Waals surface area contributed by atoms with Crippen LogP contribution >= 0.6 is 0 Å². The smallest absolute Gasteiger partial charge is 0.387 e. The predicted octanol–water partition coefficient (Wildman–Crippen LogP) is 3.38. The number of hydrogen-bond donors (Lipinski definition) is 0. The van der Waals surface area contributed by atoms with E-state index in [2.05, 4.69) is 4.74 Å². The van der Waals surface area contributed by atoms with Crippen molar-refractivity contribution in [3.8, 4) is 17.6 Å². The van der Waals surface area contributed by atoms with E-state index in [1.165, 1.54) is 48.5 Å². The number of nitrogens with zero attached hydrogens (tertiary/aromatic N) is 1. The van der Waals surface area contributed by atoms with E-state index in [0.29, 0.717) is 5.56 Å². The molecule has 0 unspecified atom stereocenters. The molecule has 2 aromatic carbocycles. The maximum Gasteiger partial charge on any atom is 0.387 e. The molecule has 0 heterocycles. The van der Waals surface area contributed by atoms with Crippen molar-refractivity contribution in [1.29, 1.82) is 5.26 Å². The molecule has 0 aliphatic rings. The van der Waals surface area contributed by atoms with Crippen molar-refractivity contribution in [3.05, 3.63) is 59.7 Å². The Morgan fingerprint density at radius 2 is 1.57 bits per heavy atom. The van der Waals surface area contributed by atoms with Gasteiger partial charge in [0, 0.05) is 0 Å². The third-order valence-electron chi connectivity index (χ3n) is 2.51. The third kappa shape index (κ3) is 4.01.